The molecule has 2 N–H and O–H groups in total. The van der Waals surface area contributed by atoms with Gasteiger partial charge in [0.25, 0.3) is 0 Å². The molecule has 0 spiro atoms. The summed E-state index contributed by atoms with van der Waals surface area (Å²) in [6, 6.07) is 6.19. The fourth-order valence-electron chi connectivity index (χ4n) is 2.64. The molecule has 0 amide bonds. The molecule has 0 radical (unpaired) electrons. The highest BCUT2D eigenvalue weighted by Gasteiger charge is 2.33. The standard InChI is InChI=1S/C11H13NO/c13-10-6-7-4-5-12-9-3-1-2-8(10)11(7)9/h1-3,7,10,12-13H,4-6H2/t7-,10-/m0/s1. The van der Waals surface area contributed by atoms with Gasteiger partial charge in [0.2, 0.25) is 0 Å². The van der Waals surface area contributed by atoms with E-state index in [1.54, 1.807) is 0 Å². The SMILES string of the molecule is O[C@H]1C[C@@H]2CCNc3cccc1c32. The molecule has 0 fully saturated rings. The Hall–Kier alpha value is -1.02. The van der Waals surface area contributed by atoms with E-state index in [2.05, 4.69) is 17.4 Å². The molecule has 2 aliphatic rings. The quantitative estimate of drug-likeness (QED) is 0.632. The Labute approximate surface area is 77.6 Å². The Balaban J connectivity index is 2.22. The van der Waals surface area contributed by atoms with Crippen LogP contribution in [-0.4, -0.2) is 11.7 Å². The van der Waals surface area contributed by atoms with Crippen molar-refractivity contribution in [3.8, 4) is 0 Å². The first-order valence-corrected chi connectivity index (χ1v) is 4.91. The Kier molecular flexibility index (Phi) is 1.41. The summed E-state index contributed by atoms with van der Waals surface area (Å²) in [6.45, 7) is 1.05. The first-order valence-electron chi connectivity index (χ1n) is 4.91. The zero-order valence-corrected chi connectivity index (χ0v) is 7.46. The largest absolute Gasteiger partial charge is 0.388 e. The van der Waals surface area contributed by atoms with Gasteiger partial charge in [0.15, 0.2) is 0 Å². The van der Waals surface area contributed by atoms with Gasteiger partial charge in [-0.15, -0.1) is 0 Å². The van der Waals surface area contributed by atoms with Crippen molar-refractivity contribution < 1.29 is 5.11 Å². The molecule has 0 aromatic heterocycles. The number of benzene rings is 1. The molecule has 0 saturated heterocycles. The Morgan fingerprint density at radius 3 is 3.23 bits per heavy atom. The van der Waals surface area contributed by atoms with Gasteiger partial charge in [0.1, 0.15) is 0 Å². The molecule has 1 heterocycles. The average molecular weight is 175 g/mol. The van der Waals surface area contributed by atoms with Crippen molar-refractivity contribution in [2.75, 3.05) is 11.9 Å². The first-order chi connectivity index (χ1) is 6.36. The van der Waals surface area contributed by atoms with Crippen LogP contribution in [0, 0.1) is 0 Å². The summed E-state index contributed by atoms with van der Waals surface area (Å²) in [5.41, 5.74) is 3.77. The zero-order valence-electron chi connectivity index (χ0n) is 7.46. The number of hydrogen-bond acceptors (Lipinski definition) is 2. The van der Waals surface area contributed by atoms with Gasteiger partial charge in [0.05, 0.1) is 6.10 Å². The molecule has 13 heavy (non-hydrogen) atoms. The maximum absolute atomic E-state index is 9.81. The number of hydrogen-bond donors (Lipinski definition) is 2. The maximum atomic E-state index is 9.81. The van der Waals surface area contributed by atoms with E-state index in [1.807, 2.05) is 6.07 Å². The van der Waals surface area contributed by atoms with Gasteiger partial charge in [-0.1, -0.05) is 12.1 Å². The van der Waals surface area contributed by atoms with Crippen LogP contribution < -0.4 is 5.32 Å². The lowest BCUT2D eigenvalue weighted by Crippen LogP contribution is -2.14. The van der Waals surface area contributed by atoms with Crippen LogP contribution in [0.15, 0.2) is 18.2 Å². The predicted octanol–water partition coefficient (Wildman–Crippen LogP) is 2.02. The molecule has 0 bridgehead atoms. The highest BCUT2D eigenvalue weighted by atomic mass is 16.3. The predicted molar refractivity (Wildman–Crippen MR) is 51.9 cm³/mol. The van der Waals surface area contributed by atoms with Crippen LogP contribution in [0.5, 0.6) is 0 Å². The molecule has 1 aliphatic heterocycles. The van der Waals surface area contributed by atoms with Crippen LogP contribution in [0.4, 0.5) is 5.69 Å². The topological polar surface area (TPSA) is 32.3 Å². The Bertz CT molecular complexity index is 348. The molecule has 2 atom stereocenters. The summed E-state index contributed by atoms with van der Waals surface area (Å²) in [5.74, 6) is 0.599. The minimum atomic E-state index is -0.222. The van der Waals surface area contributed by atoms with Crippen molar-refractivity contribution in [3.63, 3.8) is 0 Å². The highest BCUT2D eigenvalue weighted by molar-refractivity contribution is 5.60. The van der Waals surface area contributed by atoms with Crippen molar-refractivity contribution in [1.29, 1.82) is 0 Å². The molecule has 0 unspecified atom stereocenters. The molecule has 1 aromatic rings. The lowest BCUT2D eigenvalue weighted by Gasteiger charge is -2.22. The summed E-state index contributed by atoms with van der Waals surface area (Å²) < 4.78 is 0. The van der Waals surface area contributed by atoms with Gasteiger partial charge in [0, 0.05) is 12.2 Å². The first kappa shape index (κ1) is 7.39. The van der Waals surface area contributed by atoms with Gasteiger partial charge in [-0.2, -0.15) is 0 Å². The Morgan fingerprint density at radius 2 is 2.31 bits per heavy atom. The maximum Gasteiger partial charge on any atom is 0.0799 e. The number of rotatable bonds is 0. The van der Waals surface area contributed by atoms with Gasteiger partial charge < -0.3 is 10.4 Å². The molecule has 0 saturated carbocycles. The van der Waals surface area contributed by atoms with Crippen molar-refractivity contribution in [1.82, 2.24) is 0 Å². The van der Waals surface area contributed by atoms with Crippen LogP contribution >= 0.6 is 0 Å². The smallest absolute Gasteiger partial charge is 0.0799 e. The molecule has 2 heteroatoms. The van der Waals surface area contributed by atoms with Crippen LogP contribution in [0.25, 0.3) is 0 Å². The summed E-state index contributed by atoms with van der Waals surface area (Å²) in [5, 5.41) is 13.2. The van der Waals surface area contributed by atoms with Crippen LogP contribution in [0.1, 0.15) is 36.0 Å². The van der Waals surface area contributed by atoms with Crippen molar-refractivity contribution >= 4 is 5.69 Å². The number of aliphatic hydroxyl groups excluding tert-OH is 1. The van der Waals surface area contributed by atoms with E-state index in [0.717, 1.165) is 18.5 Å². The second-order valence-electron chi connectivity index (χ2n) is 3.97. The summed E-state index contributed by atoms with van der Waals surface area (Å²) in [7, 11) is 0. The van der Waals surface area contributed by atoms with Gasteiger partial charge in [-0.25, -0.2) is 0 Å². The average Bonchev–Trinajstić information content (AvgIpc) is 2.47. The van der Waals surface area contributed by atoms with E-state index >= 15 is 0 Å². The number of aliphatic hydroxyl groups is 1. The molecule has 1 aliphatic carbocycles. The third-order valence-corrected chi connectivity index (χ3v) is 3.22. The molecular weight excluding hydrogens is 162 g/mol. The molecular formula is C11H13NO. The second-order valence-corrected chi connectivity index (χ2v) is 3.97. The minimum Gasteiger partial charge on any atom is -0.388 e. The summed E-state index contributed by atoms with van der Waals surface area (Å²) in [4.78, 5) is 0. The van der Waals surface area contributed by atoms with Gasteiger partial charge in [-0.3, -0.25) is 0 Å². The number of anilines is 1. The molecule has 68 valence electrons. The van der Waals surface area contributed by atoms with E-state index in [-0.39, 0.29) is 6.10 Å². The van der Waals surface area contributed by atoms with E-state index in [1.165, 1.54) is 17.7 Å². The monoisotopic (exact) mass is 175 g/mol. The molecule has 2 nitrogen and oxygen atoms in total. The van der Waals surface area contributed by atoms with Crippen molar-refractivity contribution in [2.45, 2.75) is 24.9 Å². The third-order valence-electron chi connectivity index (χ3n) is 3.22. The van der Waals surface area contributed by atoms with E-state index in [4.69, 9.17) is 0 Å². The van der Waals surface area contributed by atoms with Crippen molar-refractivity contribution in [3.05, 3.63) is 29.3 Å². The summed E-state index contributed by atoms with van der Waals surface area (Å²) >= 11 is 0. The lowest BCUT2D eigenvalue weighted by molar-refractivity contribution is 0.172. The Morgan fingerprint density at radius 1 is 1.38 bits per heavy atom. The fraction of sp³-hybridized carbons (Fsp3) is 0.455. The van der Waals surface area contributed by atoms with Gasteiger partial charge in [-0.05, 0) is 36.0 Å². The normalized spacial score (nSPS) is 29.6. The van der Waals surface area contributed by atoms with Crippen molar-refractivity contribution in [2.24, 2.45) is 0 Å². The van der Waals surface area contributed by atoms with Gasteiger partial charge >= 0.3 is 0 Å². The number of nitrogens with one attached hydrogen (secondary N) is 1. The zero-order chi connectivity index (χ0) is 8.84. The highest BCUT2D eigenvalue weighted by Crippen LogP contribution is 2.47. The van der Waals surface area contributed by atoms with Crippen LogP contribution in [0.3, 0.4) is 0 Å². The van der Waals surface area contributed by atoms with Crippen LogP contribution in [-0.2, 0) is 0 Å². The second kappa shape index (κ2) is 2.48. The third kappa shape index (κ3) is 0.923. The van der Waals surface area contributed by atoms with E-state index < -0.39 is 0 Å². The molecule has 3 rings (SSSR count). The van der Waals surface area contributed by atoms with E-state index in [9.17, 15) is 5.11 Å². The molecule has 1 aromatic carbocycles. The minimum absolute atomic E-state index is 0.222. The van der Waals surface area contributed by atoms with E-state index in [0.29, 0.717) is 5.92 Å². The fourth-order valence-corrected chi connectivity index (χ4v) is 2.64. The van der Waals surface area contributed by atoms with Crippen LogP contribution in [0.2, 0.25) is 0 Å². The lowest BCUT2D eigenvalue weighted by atomic mass is 9.93. The summed E-state index contributed by atoms with van der Waals surface area (Å²) in [6.07, 6.45) is 1.87.